The van der Waals surface area contributed by atoms with E-state index < -0.39 is 30.2 Å². The predicted octanol–water partition coefficient (Wildman–Crippen LogP) is 4.43. The number of hydrogen-bond acceptors (Lipinski definition) is 5. The van der Waals surface area contributed by atoms with Crippen LogP contribution < -0.4 is 10.9 Å². The minimum atomic E-state index is -0.698. The quantitative estimate of drug-likeness (QED) is 0.424. The van der Waals surface area contributed by atoms with Gasteiger partial charge in [-0.15, -0.1) is 0 Å². The molecule has 3 aromatic rings. The summed E-state index contributed by atoms with van der Waals surface area (Å²) in [7, 11) is 0. The molecular weight excluding hydrogens is 564 g/mol. The number of pyridine rings is 1. The lowest BCUT2D eigenvalue weighted by atomic mass is 9.90. The van der Waals surface area contributed by atoms with E-state index in [1.54, 1.807) is 11.1 Å². The Bertz CT molecular complexity index is 1540. The zero-order valence-electron chi connectivity index (χ0n) is 24.0. The molecule has 4 heterocycles. The number of carbonyl (C=O) groups excluding carboxylic acids is 1. The molecule has 1 aliphatic carbocycles. The molecule has 6 rings (SSSR count). The van der Waals surface area contributed by atoms with Gasteiger partial charge in [0.2, 0.25) is 0 Å². The van der Waals surface area contributed by atoms with Crippen molar-refractivity contribution < 1.29 is 22.4 Å². The molecule has 8 nitrogen and oxygen atoms in total. The van der Waals surface area contributed by atoms with Gasteiger partial charge in [-0.2, -0.15) is 0 Å². The van der Waals surface area contributed by atoms with Crippen LogP contribution in [0.4, 0.5) is 22.4 Å². The van der Waals surface area contributed by atoms with Crippen molar-refractivity contribution in [3.8, 4) is 0 Å². The first-order chi connectivity index (χ1) is 20.8. The summed E-state index contributed by atoms with van der Waals surface area (Å²) in [5.41, 5.74) is 0.283. The first-order valence-corrected chi connectivity index (χ1v) is 15.0. The van der Waals surface area contributed by atoms with Crippen LogP contribution in [0.3, 0.4) is 0 Å². The van der Waals surface area contributed by atoms with Crippen LogP contribution in [0.2, 0.25) is 0 Å². The zero-order valence-corrected chi connectivity index (χ0v) is 24.0. The van der Waals surface area contributed by atoms with Gasteiger partial charge in [0.1, 0.15) is 29.8 Å². The average Bonchev–Trinajstić information content (AvgIpc) is 3.48. The summed E-state index contributed by atoms with van der Waals surface area (Å²) in [4.78, 5) is 37.4. The maximum atomic E-state index is 15.0. The number of rotatable bonds is 6. The number of aromatic nitrogens is 2. The van der Waals surface area contributed by atoms with Gasteiger partial charge in [0.05, 0.1) is 11.6 Å². The summed E-state index contributed by atoms with van der Waals surface area (Å²) in [6.45, 7) is 1.64. The van der Waals surface area contributed by atoms with E-state index >= 15 is 4.39 Å². The van der Waals surface area contributed by atoms with E-state index in [9.17, 15) is 22.8 Å². The number of amides is 2. The second kappa shape index (κ2) is 12.2. The van der Waals surface area contributed by atoms with Gasteiger partial charge in [0.15, 0.2) is 0 Å². The molecule has 2 aromatic heterocycles. The summed E-state index contributed by atoms with van der Waals surface area (Å²) >= 11 is 0. The third-order valence-corrected chi connectivity index (χ3v) is 9.39. The molecule has 2 aliphatic heterocycles. The molecule has 3 fully saturated rings. The van der Waals surface area contributed by atoms with Gasteiger partial charge in [-0.3, -0.25) is 14.1 Å². The van der Waals surface area contributed by atoms with E-state index in [1.165, 1.54) is 16.5 Å². The number of alkyl halides is 1. The summed E-state index contributed by atoms with van der Waals surface area (Å²) < 4.78 is 57.2. The Balaban J connectivity index is 1.24. The van der Waals surface area contributed by atoms with Gasteiger partial charge >= 0.3 is 6.03 Å². The van der Waals surface area contributed by atoms with Crippen molar-refractivity contribution in [2.24, 2.45) is 0 Å². The van der Waals surface area contributed by atoms with Gasteiger partial charge < -0.3 is 15.1 Å². The fourth-order valence-corrected chi connectivity index (χ4v) is 7.22. The van der Waals surface area contributed by atoms with Crippen LogP contribution in [0.5, 0.6) is 0 Å². The van der Waals surface area contributed by atoms with Gasteiger partial charge in [0, 0.05) is 68.8 Å². The molecule has 0 radical (unpaired) electrons. The van der Waals surface area contributed by atoms with E-state index in [0.29, 0.717) is 56.8 Å². The van der Waals surface area contributed by atoms with Gasteiger partial charge in [-0.05, 0) is 56.0 Å². The Morgan fingerprint density at radius 3 is 2.63 bits per heavy atom. The van der Waals surface area contributed by atoms with Crippen LogP contribution in [-0.2, 0) is 6.54 Å². The first kappa shape index (κ1) is 29.6. The van der Waals surface area contributed by atoms with Crippen LogP contribution in [0, 0.1) is 17.5 Å². The number of nitrogens with one attached hydrogen (secondary N) is 1. The highest BCUT2D eigenvalue weighted by atomic mass is 19.1. The monoisotopic (exact) mass is 600 g/mol. The number of piperazine rings is 1. The molecule has 43 heavy (non-hydrogen) atoms. The van der Waals surface area contributed by atoms with Crippen LogP contribution in [0.15, 0.2) is 47.5 Å². The van der Waals surface area contributed by atoms with Crippen molar-refractivity contribution in [2.45, 2.75) is 62.7 Å². The third-order valence-electron chi connectivity index (χ3n) is 9.39. The lowest BCUT2D eigenvalue weighted by Gasteiger charge is -2.51. The van der Waals surface area contributed by atoms with E-state index in [2.05, 4.69) is 15.2 Å². The van der Waals surface area contributed by atoms with Crippen LogP contribution in [-0.4, -0.2) is 81.1 Å². The number of piperidine rings is 1. The van der Waals surface area contributed by atoms with Gasteiger partial charge in [0.25, 0.3) is 5.56 Å². The second-order valence-electron chi connectivity index (χ2n) is 12.0. The van der Waals surface area contributed by atoms with Crippen molar-refractivity contribution in [1.82, 2.24) is 29.4 Å². The average molecular weight is 601 g/mol. The van der Waals surface area contributed by atoms with Crippen molar-refractivity contribution in [2.75, 3.05) is 39.4 Å². The molecule has 1 N–H and O–H groups in total. The molecule has 0 unspecified atom stereocenters. The Morgan fingerprint density at radius 1 is 1.05 bits per heavy atom. The number of nitrogens with zero attached hydrogens (tertiary/aromatic N) is 5. The summed E-state index contributed by atoms with van der Waals surface area (Å²) in [5, 5.41) is 3.13. The molecule has 2 amide bonds. The van der Waals surface area contributed by atoms with E-state index in [1.807, 2.05) is 4.90 Å². The Labute approximate surface area is 247 Å². The molecule has 1 spiro atoms. The second-order valence-corrected chi connectivity index (χ2v) is 12.0. The number of halogens is 4. The number of likely N-dealkylation sites (tertiary alicyclic amines) is 1. The lowest BCUT2D eigenvalue weighted by molar-refractivity contribution is -0.00256. The predicted molar refractivity (Wildman–Crippen MR) is 153 cm³/mol. The highest BCUT2D eigenvalue weighted by molar-refractivity contribution is 5.75. The number of benzene rings is 1. The molecule has 3 aliphatic rings. The minimum absolute atomic E-state index is 0.120. The van der Waals surface area contributed by atoms with E-state index in [-0.39, 0.29) is 35.3 Å². The largest absolute Gasteiger partial charge is 0.321 e. The Kier molecular flexibility index (Phi) is 8.41. The number of carbonyl (C=O) groups is 1. The highest BCUT2D eigenvalue weighted by Gasteiger charge is 2.46. The topological polar surface area (TPSA) is 73.2 Å². The molecule has 1 saturated carbocycles. The van der Waals surface area contributed by atoms with Gasteiger partial charge in [-0.25, -0.2) is 27.3 Å². The Hall–Kier alpha value is -3.51. The summed E-state index contributed by atoms with van der Waals surface area (Å²) in [6, 6.07) is 4.96. The Morgan fingerprint density at radius 2 is 1.84 bits per heavy atom. The maximum Gasteiger partial charge on any atom is 0.320 e. The molecular formula is C31H36F4N6O2. The molecule has 2 atom stereocenters. The third kappa shape index (κ3) is 5.86. The number of urea groups is 1. The first-order valence-electron chi connectivity index (χ1n) is 15.0. The van der Waals surface area contributed by atoms with E-state index in [0.717, 1.165) is 50.1 Å². The SMILES string of the molecule is O=C(N1CCN(Cc2cnc3ccc(F)cn3c2=O)C2(CCCC2)C1)N1CC[C@@H](NCCF)C[C@H]1c1cc(F)ccc1F. The fraction of sp³-hybridized carbons (Fsp3) is 0.516. The maximum absolute atomic E-state index is 15.0. The van der Waals surface area contributed by atoms with Crippen molar-refractivity contribution in [1.29, 1.82) is 0 Å². The van der Waals surface area contributed by atoms with Crippen LogP contribution in [0.1, 0.15) is 55.7 Å². The van der Waals surface area contributed by atoms with Crippen molar-refractivity contribution >= 4 is 11.7 Å². The zero-order chi connectivity index (χ0) is 30.1. The van der Waals surface area contributed by atoms with E-state index in [4.69, 9.17) is 0 Å². The van der Waals surface area contributed by atoms with Crippen LogP contribution >= 0.6 is 0 Å². The van der Waals surface area contributed by atoms with Crippen molar-refractivity contribution in [3.05, 3.63) is 81.7 Å². The molecule has 2 saturated heterocycles. The molecule has 230 valence electrons. The fourth-order valence-electron chi connectivity index (χ4n) is 7.22. The van der Waals surface area contributed by atoms with Crippen molar-refractivity contribution in [3.63, 3.8) is 0 Å². The van der Waals surface area contributed by atoms with Gasteiger partial charge in [-0.1, -0.05) is 12.8 Å². The minimum Gasteiger partial charge on any atom is -0.321 e. The highest BCUT2D eigenvalue weighted by Crippen LogP contribution is 2.40. The summed E-state index contributed by atoms with van der Waals surface area (Å²) in [5.74, 6) is -1.68. The smallest absolute Gasteiger partial charge is 0.320 e. The standard InChI is InChI=1S/C31H36F4N6O2/c32-10-11-36-24-7-12-40(27(16-24)25-15-22(33)3-5-26(25)35)30(43)38-13-14-39(31(20-38)8-1-2-9-31)18-21-17-37-28-6-4-23(34)19-41(28)29(21)42/h3-6,15,17,19,24,27,36H,1-2,7-14,16,18,20H2/t24-,27+/m1/s1. The molecule has 0 bridgehead atoms. The van der Waals surface area contributed by atoms with Crippen LogP contribution in [0.25, 0.3) is 5.65 Å². The molecule has 1 aromatic carbocycles. The normalized spacial score (nSPS) is 22.5. The number of hydrogen-bond donors (Lipinski definition) is 1. The summed E-state index contributed by atoms with van der Waals surface area (Å²) in [6.07, 6.45) is 7.29. The molecule has 12 heteroatoms. The lowest BCUT2D eigenvalue weighted by Crippen LogP contribution is -2.64. The number of fused-ring (bicyclic) bond motifs is 1.